The Kier molecular flexibility index (Phi) is 4.81. The number of imidazole rings is 1. The van der Waals surface area contributed by atoms with E-state index in [2.05, 4.69) is 26.2 Å². The van der Waals surface area contributed by atoms with Gasteiger partial charge in [-0.05, 0) is 67.4 Å². The van der Waals surface area contributed by atoms with E-state index in [0.29, 0.717) is 22.8 Å². The number of aromatic nitrogens is 2. The molecule has 0 aliphatic carbocycles. The molecule has 1 N–H and O–H groups in total. The van der Waals surface area contributed by atoms with Crippen LogP contribution in [0.3, 0.4) is 0 Å². The molecular weight excluding hydrogens is 382 g/mol. The molecule has 0 bridgehead atoms. The molecular formula is C19H20BrN3O2. The van der Waals surface area contributed by atoms with Crippen molar-refractivity contribution in [2.45, 2.75) is 33.8 Å². The van der Waals surface area contributed by atoms with E-state index in [1.165, 1.54) is 0 Å². The lowest BCUT2D eigenvalue weighted by Crippen LogP contribution is -2.17. The number of nitrogens with zero attached hydrogens (tertiary/aromatic N) is 2. The summed E-state index contributed by atoms with van der Waals surface area (Å²) < 4.78 is 8.49. The third kappa shape index (κ3) is 3.54. The van der Waals surface area contributed by atoms with Crippen molar-refractivity contribution in [1.29, 1.82) is 0 Å². The molecule has 25 heavy (non-hydrogen) atoms. The highest BCUT2D eigenvalue weighted by Crippen LogP contribution is 2.27. The molecule has 0 fully saturated rings. The monoisotopic (exact) mass is 401 g/mol. The van der Waals surface area contributed by atoms with E-state index < -0.39 is 0 Å². The first-order valence-corrected chi connectivity index (χ1v) is 8.88. The average molecular weight is 402 g/mol. The molecule has 0 unspecified atom stereocenters. The van der Waals surface area contributed by atoms with Gasteiger partial charge in [0.05, 0.1) is 17.5 Å². The largest absolute Gasteiger partial charge is 0.489 e. The number of rotatable bonds is 4. The van der Waals surface area contributed by atoms with Gasteiger partial charge in [-0.15, -0.1) is 0 Å². The summed E-state index contributed by atoms with van der Waals surface area (Å²) in [4.78, 5) is 17.5. The molecule has 3 rings (SSSR count). The Labute approximate surface area is 155 Å². The minimum atomic E-state index is -0.220. The topological polar surface area (TPSA) is 55.6 Å². The van der Waals surface area contributed by atoms with Crippen LogP contribution >= 0.6 is 15.9 Å². The van der Waals surface area contributed by atoms with Crippen LogP contribution in [0, 0.1) is 13.8 Å². The normalized spacial score (nSPS) is 11.1. The zero-order valence-electron chi connectivity index (χ0n) is 14.6. The van der Waals surface area contributed by atoms with Crippen molar-refractivity contribution in [1.82, 2.24) is 9.38 Å². The summed E-state index contributed by atoms with van der Waals surface area (Å²) in [6.45, 7) is 7.72. The number of para-hydroxylation sites is 2. The zero-order valence-corrected chi connectivity index (χ0v) is 16.2. The Hall–Kier alpha value is -2.34. The summed E-state index contributed by atoms with van der Waals surface area (Å²) in [7, 11) is 0. The smallest absolute Gasteiger partial charge is 0.274 e. The summed E-state index contributed by atoms with van der Waals surface area (Å²) in [5, 5.41) is 2.95. The minimum Gasteiger partial charge on any atom is -0.489 e. The van der Waals surface area contributed by atoms with Crippen LogP contribution in [0.25, 0.3) is 5.65 Å². The first-order chi connectivity index (χ1) is 11.9. The number of pyridine rings is 1. The van der Waals surface area contributed by atoms with Crippen LogP contribution in [-0.2, 0) is 0 Å². The van der Waals surface area contributed by atoms with Gasteiger partial charge < -0.3 is 10.1 Å². The molecule has 0 aliphatic rings. The van der Waals surface area contributed by atoms with E-state index in [4.69, 9.17) is 4.74 Å². The fourth-order valence-electron chi connectivity index (χ4n) is 2.76. The molecule has 0 aliphatic heterocycles. The van der Waals surface area contributed by atoms with E-state index in [0.717, 1.165) is 15.7 Å². The van der Waals surface area contributed by atoms with Crippen molar-refractivity contribution in [3.63, 3.8) is 0 Å². The fourth-order valence-corrected chi connectivity index (χ4v) is 3.31. The first kappa shape index (κ1) is 17.5. The van der Waals surface area contributed by atoms with Gasteiger partial charge in [-0.3, -0.25) is 9.20 Å². The predicted molar refractivity (Wildman–Crippen MR) is 103 cm³/mol. The number of benzene rings is 1. The number of nitrogens with one attached hydrogen (secondary N) is 1. The third-order valence-electron chi connectivity index (χ3n) is 3.76. The lowest BCUT2D eigenvalue weighted by molar-refractivity contribution is 0.102. The highest BCUT2D eigenvalue weighted by atomic mass is 79.9. The van der Waals surface area contributed by atoms with Crippen LogP contribution < -0.4 is 10.1 Å². The van der Waals surface area contributed by atoms with Gasteiger partial charge in [-0.2, -0.15) is 0 Å². The summed E-state index contributed by atoms with van der Waals surface area (Å²) in [6, 6.07) is 9.40. The van der Waals surface area contributed by atoms with E-state index in [1.807, 2.05) is 68.6 Å². The Bertz CT molecular complexity index is 947. The van der Waals surface area contributed by atoms with E-state index in [9.17, 15) is 4.79 Å². The Balaban J connectivity index is 2.00. The molecule has 1 amide bonds. The summed E-state index contributed by atoms with van der Waals surface area (Å²) in [5.74, 6) is 0.428. The third-order valence-corrected chi connectivity index (χ3v) is 4.19. The van der Waals surface area contributed by atoms with Crippen molar-refractivity contribution in [3.05, 3.63) is 58.0 Å². The maximum absolute atomic E-state index is 12.9. The highest BCUT2D eigenvalue weighted by Gasteiger charge is 2.19. The van der Waals surface area contributed by atoms with Crippen LogP contribution in [0.4, 0.5) is 5.69 Å². The molecule has 0 spiro atoms. The van der Waals surface area contributed by atoms with Crippen molar-refractivity contribution in [3.8, 4) is 5.75 Å². The zero-order chi connectivity index (χ0) is 18.1. The van der Waals surface area contributed by atoms with Crippen molar-refractivity contribution < 1.29 is 9.53 Å². The number of amides is 1. The maximum Gasteiger partial charge on any atom is 0.274 e. The number of hydrogen-bond acceptors (Lipinski definition) is 3. The second-order valence-electron chi connectivity index (χ2n) is 6.20. The van der Waals surface area contributed by atoms with Gasteiger partial charge in [0.25, 0.3) is 5.91 Å². The summed E-state index contributed by atoms with van der Waals surface area (Å²) >= 11 is 3.48. The molecule has 6 heteroatoms. The van der Waals surface area contributed by atoms with Gasteiger partial charge in [-0.1, -0.05) is 12.1 Å². The second-order valence-corrected chi connectivity index (χ2v) is 7.11. The number of ether oxygens (including phenoxy) is 1. The number of halogens is 1. The molecule has 0 atom stereocenters. The number of carbonyl (C=O) groups is 1. The van der Waals surface area contributed by atoms with Gasteiger partial charge in [0.2, 0.25) is 0 Å². The number of carbonyl (C=O) groups excluding carboxylic acids is 1. The van der Waals surface area contributed by atoms with Gasteiger partial charge in [-0.25, -0.2) is 4.98 Å². The van der Waals surface area contributed by atoms with Gasteiger partial charge in [0.1, 0.15) is 17.1 Å². The van der Waals surface area contributed by atoms with Crippen LogP contribution in [-0.4, -0.2) is 21.4 Å². The number of aryl methyl sites for hydroxylation is 2. The Morgan fingerprint density at radius 3 is 2.72 bits per heavy atom. The average Bonchev–Trinajstić information content (AvgIpc) is 2.85. The minimum absolute atomic E-state index is 0.0224. The quantitative estimate of drug-likeness (QED) is 0.685. The molecule has 5 nitrogen and oxygen atoms in total. The fraction of sp³-hybridized carbons (Fsp3) is 0.263. The van der Waals surface area contributed by atoms with Gasteiger partial charge in [0, 0.05) is 10.7 Å². The number of fused-ring (bicyclic) bond motifs is 1. The summed E-state index contributed by atoms with van der Waals surface area (Å²) in [5.41, 5.74) is 3.61. The van der Waals surface area contributed by atoms with Crippen LogP contribution in [0.2, 0.25) is 0 Å². The van der Waals surface area contributed by atoms with Gasteiger partial charge >= 0.3 is 0 Å². The highest BCUT2D eigenvalue weighted by molar-refractivity contribution is 9.10. The lowest BCUT2D eigenvalue weighted by Gasteiger charge is -2.15. The van der Waals surface area contributed by atoms with Crippen LogP contribution in [0.15, 0.2) is 41.0 Å². The van der Waals surface area contributed by atoms with Gasteiger partial charge in [0.15, 0.2) is 0 Å². The lowest BCUT2D eigenvalue weighted by atomic mass is 10.2. The summed E-state index contributed by atoms with van der Waals surface area (Å²) in [6.07, 6.45) is 1.88. The molecule has 0 saturated heterocycles. The molecule has 0 saturated carbocycles. The molecule has 1 aromatic carbocycles. The Morgan fingerprint density at radius 2 is 2.00 bits per heavy atom. The molecule has 2 aromatic heterocycles. The maximum atomic E-state index is 12.9. The van der Waals surface area contributed by atoms with Crippen LogP contribution in [0.5, 0.6) is 5.75 Å². The van der Waals surface area contributed by atoms with Crippen molar-refractivity contribution >= 4 is 33.2 Å². The standard InChI is InChI=1S/C19H20BrN3O2/c1-11(2)25-16-8-6-5-7-15(16)22-19(24)17-13(4)21-18-12(3)9-14(20)10-23(17)18/h5-11H,1-4H3,(H,22,24). The Morgan fingerprint density at radius 1 is 1.28 bits per heavy atom. The van der Waals surface area contributed by atoms with E-state index in [-0.39, 0.29) is 12.0 Å². The van der Waals surface area contributed by atoms with Crippen molar-refractivity contribution in [2.24, 2.45) is 0 Å². The van der Waals surface area contributed by atoms with E-state index in [1.54, 1.807) is 0 Å². The van der Waals surface area contributed by atoms with Crippen molar-refractivity contribution in [2.75, 3.05) is 5.32 Å². The predicted octanol–water partition coefficient (Wildman–Crippen LogP) is 4.75. The molecule has 0 radical (unpaired) electrons. The molecule has 2 heterocycles. The van der Waals surface area contributed by atoms with Crippen LogP contribution in [0.1, 0.15) is 35.6 Å². The first-order valence-electron chi connectivity index (χ1n) is 8.08. The SMILES string of the molecule is Cc1nc2c(C)cc(Br)cn2c1C(=O)Nc1ccccc1OC(C)C. The molecule has 130 valence electrons. The number of hydrogen-bond donors (Lipinski definition) is 1. The second kappa shape index (κ2) is 6.88. The number of anilines is 1. The van der Waals surface area contributed by atoms with E-state index >= 15 is 0 Å². The molecule has 3 aromatic rings.